The van der Waals surface area contributed by atoms with E-state index in [0.29, 0.717) is 42.6 Å². The van der Waals surface area contributed by atoms with Gasteiger partial charge in [0.05, 0.1) is 12.7 Å². The standard InChI is InChI=1S/C41H47F2N5O6/c1-24-20-30(39(51)53-5)16-19-33(24)27-10-6-25(7-11-27)21-31(22-34(49)28-12-8-26(9-13-28)23-44-40(52)54-41(2,3)4)38(50)45-32-17-14-29(15-18-32)36-46-37(35(42)43)48-47-36/h6-7,10-11,14-20,26,28,31,35H,8-9,12-13,21-23H2,1-5H3,(H,44,52)(H,45,50)(H,46,47,48). The van der Waals surface area contributed by atoms with Crippen LogP contribution >= 0.6 is 0 Å². The van der Waals surface area contributed by atoms with Crippen molar-refractivity contribution in [2.75, 3.05) is 19.0 Å². The molecule has 13 heteroatoms. The number of carbonyl (C=O) groups is 4. The van der Waals surface area contributed by atoms with E-state index in [2.05, 4.69) is 25.8 Å². The Bertz CT molecular complexity index is 1930. The highest BCUT2D eigenvalue weighted by Crippen LogP contribution is 2.32. The number of ketones is 1. The Morgan fingerprint density at radius 1 is 0.926 bits per heavy atom. The molecule has 0 spiro atoms. The fourth-order valence-corrected chi connectivity index (χ4v) is 6.68. The van der Waals surface area contributed by atoms with E-state index in [1.54, 1.807) is 36.4 Å². The van der Waals surface area contributed by atoms with Gasteiger partial charge in [0.2, 0.25) is 5.91 Å². The number of carbonyl (C=O) groups excluding carboxylic acids is 4. The number of ether oxygens (including phenoxy) is 2. The van der Waals surface area contributed by atoms with E-state index in [0.717, 1.165) is 35.1 Å². The number of rotatable bonds is 13. The summed E-state index contributed by atoms with van der Waals surface area (Å²) >= 11 is 0. The van der Waals surface area contributed by atoms with Crippen molar-refractivity contribution in [1.82, 2.24) is 20.5 Å². The number of aryl methyl sites for hydroxylation is 1. The van der Waals surface area contributed by atoms with Crippen molar-refractivity contribution in [2.45, 2.75) is 78.2 Å². The number of aromatic nitrogens is 3. The Morgan fingerprint density at radius 2 is 1.59 bits per heavy atom. The normalized spacial score (nSPS) is 16.4. The molecule has 3 aromatic carbocycles. The monoisotopic (exact) mass is 743 g/mol. The van der Waals surface area contributed by atoms with Crippen LogP contribution in [0.25, 0.3) is 22.5 Å². The number of halogens is 2. The van der Waals surface area contributed by atoms with E-state index in [1.165, 1.54) is 7.11 Å². The van der Waals surface area contributed by atoms with Gasteiger partial charge in [-0.1, -0.05) is 30.3 Å². The number of methoxy groups -OCH3 is 1. The van der Waals surface area contributed by atoms with Crippen molar-refractivity contribution in [1.29, 1.82) is 0 Å². The molecule has 1 atom stereocenters. The number of amides is 2. The van der Waals surface area contributed by atoms with Crippen LogP contribution in [-0.2, 0) is 25.5 Å². The number of esters is 1. The molecule has 1 aliphatic rings. The Hall–Kier alpha value is -5.46. The first kappa shape index (κ1) is 39.7. The second-order valence-electron chi connectivity index (χ2n) is 14.8. The molecule has 286 valence electrons. The number of nitrogens with one attached hydrogen (secondary N) is 3. The fourth-order valence-electron chi connectivity index (χ4n) is 6.68. The summed E-state index contributed by atoms with van der Waals surface area (Å²) in [5.41, 5.74) is 4.54. The third-order valence-electron chi connectivity index (χ3n) is 9.57. The number of hydrogen-bond donors (Lipinski definition) is 3. The molecule has 4 aromatic rings. The summed E-state index contributed by atoms with van der Waals surface area (Å²) in [4.78, 5) is 55.5. The Morgan fingerprint density at radius 3 is 2.19 bits per heavy atom. The van der Waals surface area contributed by atoms with Crippen LogP contribution in [0, 0.1) is 24.7 Å². The van der Waals surface area contributed by atoms with E-state index in [4.69, 9.17) is 9.47 Å². The molecule has 5 rings (SSSR count). The molecule has 0 radical (unpaired) electrons. The van der Waals surface area contributed by atoms with Crippen LogP contribution in [-0.4, -0.2) is 58.2 Å². The highest BCUT2D eigenvalue weighted by Gasteiger charge is 2.31. The molecule has 54 heavy (non-hydrogen) atoms. The molecule has 1 aliphatic carbocycles. The quantitative estimate of drug-likeness (QED) is 0.116. The topological polar surface area (TPSA) is 152 Å². The van der Waals surface area contributed by atoms with E-state index >= 15 is 0 Å². The largest absolute Gasteiger partial charge is 0.465 e. The van der Waals surface area contributed by atoms with Gasteiger partial charge in [-0.05, 0) is 124 Å². The van der Waals surface area contributed by atoms with E-state index in [-0.39, 0.29) is 35.8 Å². The lowest BCUT2D eigenvalue weighted by Gasteiger charge is -2.29. The van der Waals surface area contributed by atoms with Crippen molar-refractivity contribution in [2.24, 2.45) is 17.8 Å². The molecular formula is C41H47F2N5O6. The second-order valence-corrected chi connectivity index (χ2v) is 14.8. The van der Waals surface area contributed by atoms with Crippen LogP contribution in [0.4, 0.5) is 19.3 Å². The average Bonchev–Trinajstić information content (AvgIpc) is 3.65. The summed E-state index contributed by atoms with van der Waals surface area (Å²) in [5, 5.41) is 11.8. The van der Waals surface area contributed by atoms with Gasteiger partial charge >= 0.3 is 12.1 Å². The molecule has 1 aromatic heterocycles. The summed E-state index contributed by atoms with van der Waals surface area (Å²) in [6.07, 6.45) is 0.0427. The molecule has 0 saturated heterocycles. The Kier molecular flexibility index (Phi) is 12.9. The van der Waals surface area contributed by atoms with Crippen molar-refractivity contribution in [3.8, 4) is 22.5 Å². The molecule has 3 N–H and O–H groups in total. The molecule has 0 bridgehead atoms. The number of aromatic amines is 1. The van der Waals surface area contributed by atoms with Crippen molar-refractivity contribution in [3.05, 3.63) is 89.2 Å². The van der Waals surface area contributed by atoms with Crippen LogP contribution < -0.4 is 10.6 Å². The first-order valence-electron chi connectivity index (χ1n) is 18.1. The predicted octanol–water partition coefficient (Wildman–Crippen LogP) is 8.26. The van der Waals surface area contributed by atoms with Gasteiger partial charge in [0, 0.05) is 36.1 Å². The number of alkyl halides is 2. The maximum atomic E-state index is 13.8. The molecule has 11 nitrogen and oxygen atoms in total. The minimum atomic E-state index is -2.78. The van der Waals surface area contributed by atoms with E-state index in [1.807, 2.05) is 58.0 Å². The lowest BCUT2D eigenvalue weighted by Crippen LogP contribution is -2.37. The van der Waals surface area contributed by atoms with Crippen LogP contribution in [0.2, 0.25) is 0 Å². The third kappa shape index (κ3) is 10.8. The zero-order valence-electron chi connectivity index (χ0n) is 31.2. The van der Waals surface area contributed by atoms with Gasteiger partial charge in [-0.3, -0.25) is 14.7 Å². The van der Waals surface area contributed by atoms with Gasteiger partial charge in [-0.25, -0.2) is 23.4 Å². The number of Topliss-reactive ketones (excluding diaryl/α,β-unsaturated/α-hetero) is 1. The van der Waals surface area contributed by atoms with Gasteiger partial charge in [0.25, 0.3) is 6.43 Å². The predicted molar refractivity (Wildman–Crippen MR) is 200 cm³/mol. The van der Waals surface area contributed by atoms with Crippen molar-refractivity contribution >= 4 is 29.4 Å². The highest BCUT2D eigenvalue weighted by atomic mass is 19.3. The van der Waals surface area contributed by atoms with Crippen LogP contribution in [0.3, 0.4) is 0 Å². The first-order valence-corrected chi connectivity index (χ1v) is 18.1. The maximum absolute atomic E-state index is 13.8. The van der Waals surface area contributed by atoms with Gasteiger partial charge in [-0.2, -0.15) is 5.10 Å². The number of H-pyrrole nitrogens is 1. The fraction of sp³-hybridized carbons (Fsp3) is 0.415. The molecule has 1 fully saturated rings. The van der Waals surface area contributed by atoms with Crippen molar-refractivity contribution < 1.29 is 37.4 Å². The molecule has 1 heterocycles. The minimum Gasteiger partial charge on any atom is -0.465 e. The van der Waals surface area contributed by atoms with Crippen molar-refractivity contribution in [3.63, 3.8) is 0 Å². The van der Waals surface area contributed by atoms with Gasteiger partial charge < -0.3 is 20.1 Å². The molecule has 0 aliphatic heterocycles. The summed E-state index contributed by atoms with van der Waals surface area (Å²) in [7, 11) is 1.34. The summed E-state index contributed by atoms with van der Waals surface area (Å²) in [5.74, 6) is -1.73. The number of alkyl carbamates (subject to hydrolysis) is 1. The van der Waals surface area contributed by atoms with Crippen LogP contribution in [0.15, 0.2) is 66.7 Å². The van der Waals surface area contributed by atoms with Gasteiger partial charge in [-0.15, -0.1) is 0 Å². The number of benzene rings is 3. The van der Waals surface area contributed by atoms with Gasteiger partial charge in [0.15, 0.2) is 11.6 Å². The average molecular weight is 744 g/mol. The zero-order valence-corrected chi connectivity index (χ0v) is 31.2. The number of anilines is 1. The Balaban J connectivity index is 1.26. The van der Waals surface area contributed by atoms with Crippen LogP contribution in [0.5, 0.6) is 0 Å². The second kappa shape index (κ2) is 17.6. The molecule has 1 saturated carbocycles. The summed E-state index contributed by atoms with van der Waals surface area (Å²) in [6.45, 7) is 7.84. The summed E-state index contributed by atoms with van der Waals surface area (Å²) in [6, 6.07) is 19.7. The Labute approximate surface area is 313 Å². The maximum Gasteiger partial charge on any atom is 0.407 e. The smallest absolute Gasteiger partial charge is 0.407 e. The summed E-state index contributed by atoms with van der Waals surface area (Å²) < 4.78 is 36.2. The number of hydrogen-bond acceptors (Lipinski definition) is 8. The van der Waals surface area contributed by atoms with Gasteiger partial charge in [0.1, 0.15) is 11.4 Å². The lowest BCUT2D eigenvalue weighted by molar-refractivity contribution is -0.129. The van der Waals surface area contributed by atoms with E-state index in [9.17, 15) is 28.0 Å². The minimum absolute atomic E-state index is 0.0291. The highest BCUT2D eigenvalue weighted by molar-refractivity contribution is 5.96. The first-order chi connectivity index (χ1) is 25.7. The van der Waals surface area contributed by atoms with E-state index < -0.39 is 35.8 Å². The molecule has 1 unspecified atom stereocenters. The van der Waals surface area contributed by atoms with Crippen LogP contribution in [0.1, 0.15) is 86.6 Å². The zero-order chi connectivity index (χ0) is 39.0. The molecule has 2 amide bonds. The molecular weight excluding hydrogens is 696 g/mol. The number of nitrogens with zero attached hydrogens (tertiary/aromatic N) is 2. The SMILES string of the molecule is COC(=O)c1ccc(-c2ccc(CC(CC(=O)C3CCC(CNC(=O)OC(C)(C)C)CC3)C(=O)Nc3ccc(-c4n[nH]c(C(F)F)n4)cc3)cc2)c(C)c1. The lowest BCUT2D eigenvalue weighted by atomic mass is 9.77. The third-order valence-corrected chi connectivity index (χ3v) is 9.57.